The van der Waals surface area contributed by atoms with E-state index >= 15 is 0 Å². The lowest BCUT2D eigenvalue weighted by Crippen LogP contribution is -2.44. The summed E-state index contributed by atoms with van der Waals surface area (Å²) < 4.78 is 7.09. The molecule has 0 aliphatic heterocycles. The van der Waals surface area contributed by atoms with Gasteiger partial charge in [-0.3, -0.25) is 0 Å². The minimum absolute atomic E-state index is 0.179. The molecule has 6 heteroatoms. The quantitative estimate of drug-likeness (QED) is 0.902. The maximum absolute atomic E-state index is 11.9. The molecule has 0 saturated carbocycles. The highest BCUT2D eigenvalue weighted by Gasteiger charge is 2.25. The van der Waals surface area contributed by atoms with E-state index in [1.54, 1.807) is 20.8 Å². The topological polar surface area (TPSA) is 80.6 Å². The Morgan fingerprint density at radius 3 is 2.54 bits per heavy atom. The summed E-state index contributed by atoms with van der Waals surface area (Å²) in [5, 5.41) is 12.9. The summed E-state index contributed by atoms with van der Waals surface area (Å²) in [4.78, 5) is 23.4. The van der Waals surface area contributed by atoms with E-state index in [0.29, 0.717) is 0 Å². The van der Waals surface area contributed by atoms with Crippen molar-refractivity contribution in [3.8, 4) is 0 Å². The maximum atomic E-state index is 11.9. The number of carboxylic acids is 1. The number of amides is 1. The van der Waals surface area contributed by atoms with Crippen molar-refractivity contribution in [1.82, 2.24) is 9.88 Å². The van der Waals surface area contributed by atoms with Crippen molar-refractivity contribution in [2.45, 2.75) is 45.8 Å². The molecular weight excluding hydrogens is 308 g/mol. The molecule has 0 bridgehead atoms. The minimum Gasteiger partial charge on any atom is -0.480 e. The fourth-order valence-electron chi connectivity index (χ4n) is 2.58. The van der Waals surface area contributed by atoms with Crippen LogP contribution in [0.25, 0.3) is 10.9 Å². The lowest BCUT2D eigenvalue weighted by molar-refractivity contribution is -0.139. The Labute approximate surface area is 141 Å². The molecule has 1 aromatic heterocycles. The smallest absolute Gasteiger partial charge is 0.408 e. The van der Waals surface area contributed by atoms with Crippen LogP contribution >= 0.6 is 0 Å². The van der Waals surface area contributed by atoms with Crippen LogP contribution in [-0.4, -0.2) is 33.4 Å². The molecule has 0 radical (unpaired) electrons. The van der Waals surface area contributed by atoms with Gasteiger partial charge in [0, 0.05) is 30.1 Å². The normalized spacial score (nSPS) is 12.9. The molecule has 1 atom stereocenters. The van der Waals surface area contributed by atoms with E-state index in [4.69, 9.17) is 4.74 Å². The monoisotopic (exact) mass is 332 g/mol. The van der Waals surface area contributed by atoms with E-state index in [1.807, 2.05) is 36.7 Å². The number of alkyl carbamates (subject to hydrolysis) is 1. The van der Waals surface area contributed by atoms with Gasteiger partial charge in [-0.05, 0) is 45.9 Å². The van der Waals surface area contributed by atoms with Crippen LogP contribution in [0.4, 0.5) is 4.79 Å². The van der Waals surface area contributed by atoms with Crippen molar-refractivity contribution in [2.75, 3.05) is 0 Å². The second kappa shape index (κ2) is 6.55. The zero-order valence-electron chi connectivity index (χ0n) is 14.7. The van der Waals surface area contributed by atoms with Crippen LogP contribution in [0.2, 0.25) is 0 Å². The number of aromatic nitrogens is 1. The Balaban J connectivity index is 2.20. The van der Waals surface area contributed by atoms with Crippen LogP contribution in [0.5, 0.6) is 0 Å². The number of nitrogens with zero attached hydrogens (tertiary/aromatic N) is 1. The molecule has 130 valence electrons. The second-order valence-corrected chi connectivity index (χ2v) is 7.00. The molecule has 1 heterocycles. The molecule has 0 spiro atoms. The number of carboxylic acid groups (broad SMARTS) is 1. The van der Waals surface area contributed by atoms with Gasteiger partial charge in [-0.2, -0.15) is 0 Å². The van der Waals surface area contributed by atoms with E-state index < -0.39 is 23.7 Å². The van der Waals surface area contributed by atoms with Crippen molar-refractivity contribution in [1.29, 1.82) is 0 Å². The molecule has 1 aromatic carbocycles. The van der Waals surface area contributed by atoms with Gasteiger partial charge in [0.2, 0.25) is 0 Å². The van der Waals surface area contributed by atoms with Gasteiger partial charge in [0.15, 0.2) is 0 Å². The molecule has 2 N–H and O–H groups in total. The number of benzene rings is 1. The Kier molecular flexibility index (Phi) is 4.87. The molecule has 24 heavy (non-hydrogen) atoms. The number of aliphatic carboxylic acids is 1. The second-order valence-electron chi connectivity index (χ2n) is 7.00. The van der Waals surface area contributed by atoms with Gasteiger partial charge in [-0.1, -0.05) is 11.6 Å². The molecule has 1 unspecified atom stereocenters. The predicted molar refractivity (Wildman–Crippen MR) is 92.2 cm³/mol. The third-order valence-corrected chi connectivity index (χ3v) is 3.70. The highest BCUT2D eigenvalue weighted by molar-refractivity contribution is 5.83. The van der Waals surface area contributed by atoms with Crippen molar-refractivity contribution >= 4 is 23.0 Å². The van der Waals surface area contributed by atoms with Crippen LogP contribution in [0.1, 0.15) is 32.0 Å². The molecular formula is C18H24N2O4. The molecule has 2 aromatic rings. The van der Waals surface area contributed by atoms with Gasteiger partial charge >= 0.3 is 12.1 Å². The number of nitrogens with one attached hydrogen (secondary N) is 1. The number of hydrogen-bond acceptors (Lipinski definition) is 3. The van der Waals surface area contributed by atoms with Crippen LogP contribution in [0.3, 0.4) is 0 Å². The molecule has 0 fully saturated rings. The summed E-state index contributed by atoms with van der Waals surface area (Å²) in [6.07, 6.45) is -0.553. The molecule has 0 aliphatic rings. The first-order valence-corrected chi connectivity index (χ1v) is 7.84. The van der Waals surface area contributed by atoms with Crippen molar-refractivity contribution in [3.05, 3.63) is 35.5 Å². The summed E-state index contributed by atoms with van der Waals surface area (Å²) in [5.41, 5.74) is 2.32. The number of ether oxygens (including phenoxy) is 1. The van der Waals surface area contributed by atoms with Crippen LogP contribution < -0.4 is 5.32 Å². The number of rotatable bonds is 4. The summed E-state index contributed by atoms with van der Waals surface area (Å²) in [6.45, 7) is 7.20. The van der Waals surface area contributed by atoms with Gasteiger partial charge in [0.1, 0.15) is 11.6 Å². The summed E-state index contributed by atoms with van der Waals surface area (Å²) in [5.74, 6) is -1.10. The molecule has 0 aliphatic carbocycles. The third kappa shape index (κ3) is 4.28. The van der Waals surface area contributed by atoms with Crippen LogP contribution in [-0.2, 0) is 23.0 Å². The van der Waals surface area contributed by atoms with E-state index in [2.05, 4.69) is 11.4 Å². The summed E-state index contributed by atoms with van der Waals surface area (Å²) in [6, 6.07) is 6.97. The highest BCUT2D eigenvalue weighted by Crippen LogP contribution is 2.21. The fraction of sp³-hybridized carbons (Fsp3) is 0.444. The van der Waals surface area contributed by atoms with Crippen molar-refractivity contribution in [2.24, 2.45) is 7.05 Å². The summed E-state index contributed by atoms with van der Waals surface area (Å²) >= 11 is 0. The van der Waals surface area contributed by atoms with Gasteiger partial charge in [0.05, 0.1) is 0 Å². The first-order chi connectivity index (χ1) is 11.1. The lowest BCUT2D eigenvalue weighted by Gasteiger charge is -2.22. The highest BCUT2D eigenvalue weighted by atomic mass is 16.6. The average molecular weight is 332 g/mol. The maximum Gasteiger partial charge on any atom is 0.408 e. The zero-order valence-corrected chi connectivity index (χ0v) is 14.7. The molecule has 6 nitrogen and oxygen atoms in total. The zero-order chi connectivity index (χ0) is 18.1. The van der Waals surface area contributed by atoms with Crippen LogP contribution in [0, 0.1) is 6.92 Å². The Bertz CT molecular complexity index is 771. The first-order valence-electron chi connectivity index (χ1n) is 7.84. The average Bonchev–Trinajstić information content (AvgIpc) is 2.71. The van der Waals surface area contributed by atoms with Gasteiger partial charge in [0.25, 0.3) is 0 Å². The number of aryl methyl sites for hydroxylation is 2. The third-order valence-electron chi connectivity index (χ3n) is 3.70. The van der Waals surface area contributed by atoms with Crippen molar-refractivity contribution in [3.63, 3.8) is 0 Å². The minimum atomic E-state index is -1.10. The first kappa shape index (κ1) is 17.8. The number of hydrogen-bond donors (Lipinski definition) is 2. The van der Waals surface area contributed by atoms with Crippen LogP contribution in [0.15, 0.2) is 24.3 Å². The van der Waals surface area contributed by atoms with E-state index in [-0.39, 0.29) is 6.42 Å². The number of carbonyl (C=O) groups excluding carboxylic acids is 1. The Hall–Kier alpha value is -2.50. The number of fused-ring (bicyclic) bond motifs is 1. The lowest BCUT2D eigenvalue weighted by atomic mass is 10.1. The van der Waals surface area contributed by atoms with Gasteiger partial charge < -0.3 is 19.7 Å². The standard InChI is InChI=1S/C18H24N2O4/c1-11-6-7-15-12(8-11)9-13(20(15)5)10-14(16(21)22)19-17(23)24-18(2,3)4/h6-9,14H,10H2,1-5H3,(H,19,23)(H,21,22). The Morgan fingerprint density at radius 1 is 1.29 bits per heavy atom. The molecule has 0 saturated heterocycles. The molecule has 2 rings (SSSR count). The van der Waals surface area contributed by atoms with Gasteiger partial charge in [-0.25, -0.2) is 9.59 Å². The van der Waals surface area contributed by atoms with E-state index in [0.717, 1.165) is 22.2 Å². The van der Waals surface area contributed by atoms with Crippen molar-refractivity contribution < 1.29 is 19.4 Å². The van der Waals surface area contributed by atoms with E-state index in [9.17, 15) is 14.7 Å². The number of carbonyl (C=O) groups is 2. The SMILES string of the molecule is Cc1ccc2c(c1)cc(CC(NC(=O)OC(C)(C)C)C(=O)O)n2C. The van der Waals surface area contributed by atoms with E-state index in [1.165, 1.54) is 0 Å². The largest absolute Gasteiger partial charge is 0.480 e. The fourth-order valence-corrected chi connectivity index (χ4v) is 2.58. The predicted octanol–water partition coefficient (Wildman–Crippen LogP) is 3.01. The van der Waals surface area contributed by atoms with Gasteiger partial charge in [-0.15, -0.1) is 0 Å². The summed E-state index contributed by atoms with van der Waals surface area (Å²) in [7, 11) is 1.89. The molecule has 1 amide bonds. The Morgan fingerprint density at radius 2 is 1.96 bits per heavy atom.